The van der Waals surface area contributed by atoms with E-state index in [4.69, 9.17) is 19.8 Å². The molecule has 2 fully saturated rings. The Morgan fingerprint density at radius 1 is 0.921 bits per heavy atom. The highest BCUT2D eigenvalue weighted by molar-refractivity contribution is 6.27. The van der Waals surface area contributed by atoms with Gasteiger partial charge in [-0.15, -0.1) is 0 Å². The molecule has 10 nitrogen and oxygen atoms in total. The van der Waals surface area contributed by atoms with Gasteiger partial charge in [0.25, 0.3) is 5.91 Å². The summed E-state index contributed by atoms with van der Waals surface area (Å²) in [6.07, 6.45) is 10.5. The van der Waals surface area contributed by atoms with Crippen LogP contribution in [0.1, 0.15) is 48.0 Å². The number of carboxylic acid groups (broad SMARTS) is 2. The molecule has 0 bridgehead atoms. The second-order valence-electron chi connectivity index (χ2n) is 9.76. The number of benzene rings is 1. The van der Waals surface area contributed by atoms with E-state index in [0.717, 1.165) is 29.3 Å². The topological polar surface area (TPSA) is 131 Å². The Balaban J connectivity index is 0.000000599. The van der Waals surface area contributed by atoms with E-state index in [1.165, 1.54) is 32.1 Å². The van der Waals surface area contributed by atoms with Crippen molar-refractivity contribution in [3.8, 4) is 0 Å². The lowest BCUT2D eigenvalue weighted by Crippen LogP contribution is -2.51. The number of carbonyl (C=O) groups excluding carboxylic acids is 2. The molecule has 2 amide bonds. The maximum absolute atomic E-state index is 13.1. The molecule has 2 heterocycles. The third-order valence-electron chi connectivity index (χ3n) is 6.97. The number of carbonyl (C=O) groups is 4. The highest BCUT2D eigenvalue weighted by Gasteiger charge is 2.25. The van der Waals surface area contributed by atoms with E-state index in [1.54, 1.807) is 12.4 Å². The highest BCUT2D eigenvalue weighted by Crippen LogP contribution is 2.26. The molecule has 1 aromatic heterocycles. The SMILES string of the molecule is CN(CC1CCCCC1)c1cccc(C(=O)N2CCN(C(=O)Cc3cccnc3)CC2)c1.O=C(O)C(=O)O. The van der Waals surface area contributed by atoms with Crippen LogP contribution < -0.4 is 4.90 Å². The number of piperazine rings is 1. The van der Waals surface area contributed by atoms with E-state index >= 15 is 0 Å². The first-order valence-corrected chi connectivity index (χ1v) is 13.0. The molecule has 2 N–H and O–H groups in total. The van der Waals surface area contributed by atoms with Crippen molar-refractivity contribution in [1.29, 1.82) is 0 Å². The minimum absolute atomic E-state index is 0.0530. The fraction of sp³-hybridized carbons (Fsp3) is 0.464. The minimum Gasteiger partial charge on any atom is -0.473 e. The van der Waals surface area contributed by atoms with Crippen LogP contribution in [0.4, 0.5) is 5.69 Å². The molecule has 1 saturated heterocycles. The molecule has 0 spiro atoms. The molecular formula is C28H36N4O6. The lowest BCUT2D eigenvalue weighted by molar-refractivity contribution is -0.159. The van der Waals surface area contributed by atoms with Gasteiger partial charge in [-0.2, -0.15) is 0 Å². The van der Waals surface area contributed by atoms with Gasteiger partial charge in [0.05, 0.1) is 6.42 Å². The summed E-state index contributed by atoms with van der Waals surface area (Å²) in [7, 11) is 2.13. The second kappa shape index (κ2) is 14.1. The molecule has 38 heavy (non-hydrogen) atoms. The van der Waals surface area contributed by atoms with Crippen molar-refractivity contribution < 1.29 is 29.4 Å². The molecule has 2 aromatic rings. The summed E-state index contributed by atoms with van der Waals surface area (Å²) in [5.41, 5.74) is 2.75. The van der Waals surface area contributed by atoms with Gasteiger partial charge in [0, 0.05) is 63.4 Å². The molecule has 10 heteroatoms. The molecule has 2 aliphatic rings. The van der Waals surface area contributed by atoms with Crippen molar-refractivity contribution in [3.05, 3.63) is 59.9 Å². The number of hydrogen-bond donors (Lipinski definition) is 2. The highest BCUT2D eigenvalue weighted by atomic mass is 16.4. The number of anilines is 1. The zero-order chi connectivity index (χ0) is 27.5. The fourth-order valence-corrected chi connectivity index (χ4v) is 4.87. The first kappa shape index (κ1) is 28.6. The average Bonchev–Trinajstić information content (AvgIpc) is 2.94. The number of hydrogen-bond acceptors (Lipinski definition) is 6. The van der Waals surface area contributed by atoms with Crippen LogP contribution in [0.15, 0.2) is 48.8 Å². The Kier molecular flexibility index (Phi) is 10.6. The quantitative estimate of drug-likeness (QED) is 0.552. The summed E-state index contributed by atoms with van der Waals surface area (Å²) in [5, 5.41) is 14.8. The molecule has 1 aromatic carbocycles. The maximum Gasteiger partial charge on any atom is 0.414 e. The van der Waals surface area contributed by atoms with E-state index in [1.807, 2.05) is 40.1 Å². The second-order valence-corrected chi connectivity index (χ2v) is 9.76. The number of nitrogens with zero attached hydrogens (tertiary/aromatic N) is 4. The smallest absolute Gasteiger partial charge is 0.414 e. The Morgan fingerprint density at radius 2 is 1.58 bits per heavy atom. The van der Waals surface area contributed by atoms with Crippen LogP contribution in [0.5, 0.6) is 0 Å². The van der Waals surface area contributed by atoms with Crippen LogP contribution in [-0.2, 0) is 20.8 Å². The van der Waals surface area contributed by atoms with E-state index in [-0.39, 0.29) is 11.8 Å². The standard InChI is InChI=1S/C26H34N4O2.C2H2O4/c1-28(20-21-7-3-2-4-8-21)24-11-5-10-23(18-24)26(32)30-15-13-29(14-16-30)25(31)17-22-9-6-12-27-19-22;3-1(4)2(5)6/h5-6,9-12,18-19,21H,2-4,7-8,13-17,20H2,1H3;(H,3,4)(H,5,6). The van der Waals surface area contributed by atoms with Crippen LogP contribution in [0.3, 0.4) is 0 Å². The third-order valence-corrected chi connectivity index (χ3v) is 6.97. The predicted molar refractivity (Wildman–Crippen MR) is 142 cm³/mol. The van der Waals surface area contributed by atoms with Crippen LogP contribution in [-0.4, -0.2) is 88.5 Å². The van der Waals surface area contributed by atoms with Gasteiger partial charge in [0.15, 0.2) is 0 Å². The summed E-state index contributed by atoms with van der Waals surface area (Å²) in [5.74, 6) is -2.75. The van der Waals surface area contributed by atoms with Crippen molar-refractivity contribution >= 4 is 29.4 Å². The molecule has 0 radical (unpaired) electrons. The molecule has 4 rings (SSSR count). The molecule has 0 unspecified atom stereocenters. The Bertz CT molecular complexity index is 1080. The number of pyridine rings is 1. The number of rotatable bonds is 6. The van der Waals surface area contributed by atoms with Crippen LogP contribution in [0.2, 0.25) is 0 Å². The van der Waals surface area contributed by atoms with E-state index < -0.39 is 11.9 Å². The van der Waals surface area contributed by atoms with Gasteiger partial charge in [0.2, 0.25) is 5.91 Å². The van der Waals surface area contributed by atoms with E-state index in [2.05, 4.69) is 23.0 Å². The van der Waals surface area contributed by atoms with E-state index in [9.17, 15) is 9.59 Å². The monoisotopic (exact) mass is 524 g/mol. The Labute approximate surface area is 222 Å². The molecular weight excluding hydrogens is 488 g/mol. The molecule has 1 aliphatic carbocycles. The fourth-order valence-electron chi connectivity index (χ4n) is 4.87. The minimum atomic E-state index is -1.82. The van der Waals surface area contributed by atoms with Gasteiger partial charge < -0.3 is 24.9 Å². The van der Waals surface area contributed by atoms with Crippen LogP contribution >= 0.6 is 0 Å². The lowest BCUT2D eigenvalue weighted by atomic mass is 9.89. The number of aliphatic carboxylic acids is 2. The third kappa shape index (κ3) is 8.57. The Hall–Kier alpha value is -3.95. The van der Waals surface area contributed by atoms with Crippen molar-refractivity contribution in [2.45, 2.75) is 38.5 Å². The zero-order valence-corrected chi connectivity index (χ0v) is 21.8. The molecule has 1 saturated carbocycles. The van der Waals surface area contributed by atoms with E-state index in [0.29, 0.717) is 32.6 Å². The largest absolute Gasteiger partial charge is 0.473 e. The normalized spacial score (nSPS) is 15.7. The van der Waals surface area contributed by atoms with Gasteiger partial charge >= 0.3 is 11.9 Å². The lowest BCUT2D eigenvalue weighted by Gasteiger charge is -2.35. The summed E-state index contributed by atoms with van der Waals surface area (Å²) in [4.78, 5) is 54.0. The average molecular weight is 525 g/mol. The summed E-state index contributed by atoms with van der Waals surface area (Å²) in [6.45, 7) is 3.34. The molecule has 0 atom stereocenters. The maximum atomic E-state index is 13.1. The van der Waals surface area contributed by atoms with Crippen molar-refractivity contribution in [2.75, 3.05) is 44.7 Å². The Morgan fingerprint density at radius 3 is 2.18 bits per heavy atom. The van der Waals surface area contributed by atoms with Crippen molar-refractivity contribution in [1.82, 2.24) is 14.8 Å². The summed E-state index contributed by atoms with van der Waals surface area (Å²) < 4.78 is 0. The predicted octanol–water partition coefficient (Wildman–Crippen LogP) is 2.78. The summed E-state index contributed by atoms with van der Waals surface area (Å²) in [6, 6.07) is 11.8. The number of amides is 2. The molecule has 1 aliphatic heterocycles. The number of carboxylic acids is 2. The molecule has 204 valence electrons. The summed E-state index contributed by atoms with van der Waals surface area (Å²) >= 11 is 0. The van der Waals surface area contributed by atoms with Gasteiger partial charge in [-0.1, -0.05) is 31.4 Å². The van der Waals surface area contributed by atoms with Crippen LogP contribution in [0.25, 0.3) is 0 Å². The number of aromatic nitrogens is 1. The van der Waals surface area contributed by atoms with Gasteiger partial charge in [-0.25, -0.2) is 9.59 Å². The van der Waals surface area contributed by atoms with Crippen LogP contribution in [0, 0.1) is 5.92 Å². The first-order chi connectivity index (χ1) is 18.2. The van der Waals surface area contributed by atoms with Gasteiger partial charge in [0.1, 0.15) is 0 Å². The van der Waals surface area contributed by atoms with Gasteiger partial charge in [-0.05, 0) is 48.6 Å². The van der Waals surface area contributed by atoms with Crippen molar-refractivity contribution in [2.24, 2.45) is 5.92 Å². The first-order valence-electron chi connectivity index (χ1n) is 13.0. The zero-order valence-electron chi connectivity index (χ0n) is 21.8. The van der Waals surface area contributed by atoms with Crippen molar-refractivity contribution in [3.63, 3.8) is 0 Å². The van der Waals surface area contributed by atoms with Gasteiger partial charge in [-0.3, -0.25) is 14.6 Å².